The summed E-state index contributed by atoms with van der Waals surface area (Å²) in [6, 6.07) is 7.61. The molecule has 136 valence electrons. The number of halogens is 2. The molecular formula is C18H16F2N2O4. The largest absolute Gasteiger partial charge is 0.451 e. The van der Waals surface area contributed by atoms with E-state index in [9.17, 15) is 18.4 Å². The number of nitrogens with zero attached hydrogens (tertiary/aromatic N) is 2. The Morgan fingerprint density at radius 1 is 1.27 bits per heavy atom. The van der Waals surface area contributed by atoms with Gasteiger partial charge in [0.25, 0.3) is 0 Å². The Labute approximate surface area is 147 Å². The number of aromatic nitrogens is 2. The van der Waals surface area contributed by atoms with E-state index >= 15 is 0 Å². The fraction of sp³-hybridized carbons (Fsp3) is 0.278. The van der Waals surface area contributed by atoms with Gasteiger partial charge in [-0.25, -0.2) is 14.6 Å². The van der Waals surface area contributed by atoms with Crippen LogP contribution in [0.1, 0.15) is 47.1 Å². The fourth-order valence-corrected chi connectivity index (χ4v) is 2.89. The molecule has 6 nitrogen and oxygen atoms in total. The quantitative estimate of drug-likeness (QED) is 0.658. The molecule has 3 rings (SSSR count). The summed E-state index contributed by atoms with van der Waals surface area (Å²) < 4.78 is 38.0. The molecule has 2 aromatic heterocycles. The zero-order valence-electron chi connectivity index (χ0n) is 14.3. The SMILES string of the molecule is Cc1cc(=O)oc(C)c1C(=O)O[C@@H](C)c1nc2ccccc2n1C(F)F. The van der Waals surface area contributed by atoms with Crippen LogP contribution >= 0.6 is 0 Å². The van der Waals surface area contributed by atoms with Crippen molar-refractivity contribution in [1.29, 1.82) is 0 Å². The van der Waals surface area contributed by atoms with E-state index in [1.807, 2.05) is 0 Å². The first-order valence-electron chi connectivity index (χ1n) is 7.87. The van der Waals surface area contributed by atoms with Crippen molar-refractivity contribution in [1.82, 2.24) is 9.55 Å². The van der Waals surface area contributed by atoms with Gasteiger partial charge in [0.05, 0.1) is 11.0 Å². The minimum Gasteiger partial charge on any atom is -0.451 e. The van der Waals surface area contributed by atoms with E-state index in [4.69, 9.17) is 9.15 Å². The number of ether oxygens (including phenoxy) is 1. The van der Waals surface area contributed by atoms with E-state index in [1.165, 1.54) is 26.0 Å². The summed E-state index contributed by atoms with van der Waals surface area (Å²) in [6.45, 7) is 1.66. The lowest BCUT2D eigenvalue weighted by Crippen LogP contribution is -2.17. The standard InChI is InChI=1S/C18H16F2N2O4/c1-9-8-14(23)25-10(2)15(9)17(24)26-11(3)16-21-12-6-4-5-7-13(12)22(16)18(19)20/h4-8,11,18H,1-3H3/t11-/m0/s1. The molecule has 0 saturated carbocycles. The molecule has 2 heterocycles. The van der Waals surface area contributed by atoms with Gasteiger partial charge in [-0.2, -0.15) is 8.78 Å². The molecule has 0 saturated heterocycles. The van der Waals surface area contributed by atoms with Crippen LogP contribution in [0.15, 0.2) is 39.5 Å². The van der Waals surface area contributed by atoms with Gasteiger partial charge in [-0.05, 0) is 38.5 Å². The molecule has 0 aliphatic rings. The lowest BCUT2D eigenvalue weighted by molar-refractivity contribution is 0.0228. The molecule has 0 radical (unpaired) electrons. The van der Waals surface area contributed by atoms with Gasteiger partial charge in [0.1, 0.15) is 11.3 Å². The van der Waals surface area contributed by atoms with Crippen LogP contribution in [0.2, 0.25) is 0 Å². The predicted molar refractivity (Wildman–Crippen MR) is 89.3 cm³/mol. The number of para-hydroxylation sites is 2. The fourth-order valence-electron chi connectivity index (χ4n) is 2.89. The lowest BCUT2D eigenvalue weighted by atomic mass is 10.1. The second-order valence-corrected chi connectivity index (χ2v) is 5.83. The lowest BCUT2D eigenvalue weighted by Gasteiger charge is -2.16. The average molecular weight is 362 g/mol. The zero-order valence-corrected chi connectivity index (χ0v) is 14.3. The number of hydrogen-bond acceptors (Lipinski definition) is 5. The highest BCUT2D eigenvalue weighted by Gasteiger charge is 2.26. The minimum atomic E-state index is -2.84. The van der Waals surface area contributed by atoms with Crippen molar-refractivity contribution in [2.75, 3.05) is 0 Å². The number of benzene rings is 1. The summed E-state index contributed by atoms with van der Waals surface area (Å²) in [5, 5.41) is 0. The third-order valence-electron chi connectivity index (χ3n) is 4.00. The van der Waals surface area contributed by atoms with E-state index in [0.29, 0.717) is 11.1 Å². The van der Waals surface area contributed by atoms with Crippen LogP contribution in [0.5, 0.6) is 0 Å². The summed E-state index contributed by atoms with van der Waals surface area (Å²) in [4.78, 5) is 28.0. The second kappa shape index (κ2) is 6.70. The highest BCUT2D eigenvalue weighted by molar-refractivity contribution is 5.92. The van der Waals surface area contributed by atoms with Crippen LogP contribution in [-0.2, 0) is 4.74 Å². The number of hydrogen-bond donors (Lipinski definition) is 0. The van der Waals surface area contributed by atoms with E-state index in [-0.39, 0.29) is 22.7 Å². The number of alkyl halides is 2. The summed E-state index contributed by atoms with van der Waals surface area (Å²) in [7, 11) is 0. The van der Waals surface area contributed by atoms with Gasteiger partial charge in [0.15, 0.2) is 11.9 Å². The molecule has 0 amide bonds. The molecule has 1 aromatic carbocycles. The summed E-state index contributed by atoms with van der Waals surface area (Å²) >= 11 is 0. The van der Waals surface area contributed by atoms with Crippen molar-refractivity contribution in [2.24, 2.45) is 0 Å². The molecule has 0 bridgehead atoms. The molecule has 26 heavy (non-hydrogen) atoms. The van der Waals surface area contributed by atoms with Gasteiger partial charge in [-0.1, -0.05) is 12.1 Å². The second-order valence-electron chi connectivity index (χ2n) is 5.83. The third-order valence-corrected chi connectivity index (χ3v) is 4.00. The average Bonchev–Trinajstić information content (AvgIpc) is 2.93. The van der Waals surface area contributed by atoms with Crippen molar-refractivity contribution in [3.05, 3.63) is 63.5 Å². The van der Waals surface area contributed by atoms with Crippen LogP contribution < -0.4 is 5.63 Å². The van der Waals surface area contributed by atoms with Crippen LogP contribution in [0.4, 0.5) is 8.78 Å². The Balaban J connectivity index is 1.97. The molecule has 0 N–H and O–H groups in total. The minimum absolute atomic E-state index is 0.0674. The normalized spacial score (nSPS) is 12.5. The van der Waals surface area contributed by atoms with Crippen molar-refractivity contribution in [2.45, 2.75) is 33.4 Å². The number of carbonyl (C=O) groups excluding carboxylic acids is 1. The number of carbonyl (C=O) groups is 1. The molecule has 0 aliphatic heterocycles. The van der Waals surface area contributed by atoms with Gasteiger partial charge in [0, 0.05) is 6.07 Å². The summed E-state index contributed by atoms with van der Waals surface area (Å²) in [6.07, 6.45) is -1.03. The van der Waals surface area contributed by atoms with Gasteiger partial charge in [0.2, 0.25) is 0 Å². The van der Waals surface area contributed by atoms with E-state index in [2.05, 4.69) is 4.98 Å². The molecule has 1 atom stereocenters. The van der Waals surface area contributed by atoms with Crippen molar-refractivity contribution in [3.63, 3.8) is 0 Å². The Hall–Kier alpha value is -3.03. The Morgan fingerprint density at radius 3 is 2.62 bits per heavy atom. The first-order valence-corrected chi connectivity index (χ1v) is 7.87. The molecule has 0 spiro atoms. The first kappa shape index (κ1) is 17.8. The van der Waals surface area contributed by atoms with Crippen LogP contribution in [0.25, 0.3) is 11.0 Å². The Morgan fingerprint density at radius 2 is 1.96 bits per heavy atom. The molecule has 3 aromatic rings. The third kappa shape index (κ3) is 3.10. The Kier molecular flexibility index (Phi) is 4.58. The molecule has 0 unspecified atom stereocenters. The molecular weight excluding hydrogens is 346 g/mol. The van der Waals surface area contributed by atoms with Gasteiger partial charge < -0.3 is 9.15 Å². The van der Waals surface area contributed by atoms with E-state index in [0.717, 1.165) is 4.57 Å². The topological polar surface area (TPSA) is 74.3 Å². The molecule has 8 heteroatoms. The first-order chi connectivity index (χ1) is 12.3. The maximum absolute atomic E-state index is 13.5. The maximum atomic E-state index is 13.5. The number of rotatable bonds is 4. The van der Waals surface area contributed by atoms with E-state index in [1.54, 1.807) is 25.1 Å². The number of fused-ring (bicyclic) bond motifs is 1. The Bertz CT molecular complexity index is 1010. The number of aryl methyl sites for hydroxylation is 2. The zero-order chi connectivity index (χ0) is 19.0. The van der Waals surface area contributed by atoms with Crippen molar-refractivity contribution < 1.29 is 22.7 Å². The highest BCUT2D eigenvalue weighted by Crippen LogP contribution is 2.29. The molecule has 0 aliphatic carbocycles. The van der Waals surface area contributed by atoms with Gasteiger partial charge in [-0.15, -0.1) is 0 Å². The van der Waals surface area contributed by atoms with Crippen LogP contribution in [-0.4, -0.2) is 15.5 Å². The van der Waals surface area contributed by atoms with Crippen LogP contribution in [0, 0.1) is 13.8 Å². The predicted octanol–water partition coefficient (Wildman–Crippen LogP) is 3.92. The smallest absolute Gasteiger partial charge is 0.342 e. The van der Waals surface area contributed by atoms with Crippen molar-refractivity contribution in [3.8, 4) is 0 Å². The highest BCUT2D eigenvalue weighted by atomic mass is 19.3. The van der Waals surface area contributed by atoms with E-state index < -0.39 is 24.2 Å². The van der Waals surface area contributed by atoms with Crippen molar-refractivity contribution >= 4 is 17.0 Å². The molecule has 0 fully saturated rings. The monoisotopic (exact) mass is 362 g/mol. The van der Waals surface area contributed by atoms with Gasteiger partial charge >= 0.3 is 18.1 Å². The number of esters is 1. The van der Waals surface area contributed by atoms with Crippen LogP contribution in [0.3, 0.4) is 0 Å². The summed E-state index contributed by atoms with van der Waals surface area (Å²) in [5.41, 5.74) is 0.529. The maximum Gasteiger partial charge on any atom is 0.342 e. The number of imidazole rings is 1. The van der Waals surface area contributed by atoms with Gasteiger partial charge in [-0.3, -0.25) is 4.57 Å². The summed E-state index contributed by atoms with van der Waals surface area (Å²) in [5.74, 6) is -0.735.